The van der Waals surface area contributed by atoms with Crippen molar-refractivity contribution in [3.63, 3.8) is 0 Å². The number of carbonyl (C=O) groups excluding carboxylic acids is 3. The summed E-state index contributed by atoms with van der Waals surface area (Å²) in [4.78, 5) is 38.6. The summed E-state index contributed by atoms with van der Waals surface area (Å²) in [7, 11) is 0. The molecule has 1 heterocycles. The SMILES string of the molecule is CCOC(=O)CCC(=O)c1ccc2c(c1)N(Cc1cccc3ccccc13)C(=O)CO2. The number of rotatable bonds is 7. The predicted octanol–water partition coefficient (Wildman–Crippen LogP) is 4.29. The average molecular weight is 417 g/mol. The second-order valence-electron chi connectivity index (χ2n) is 7.32. The maximum atomic E-state index is 12.7. The van der Waals surface area contributed by atoms with Crippen LogP contribution in [0.25, 0.3) is 10.8 Å². The number of hydrogen-bond acceptors (Lipinski definition) is 5. The highest BCUT2D eigenvalue weighted by Crippen LogP contribution is 2.35. The molecule has 0 bridgehead atoms. The van der Waals surface area contributed by atoms with Crippen molar-refractivity contribution in [1.29, 1.82) is 0 Å². The summed E-state index contributed by atoms with van der Waals surface area (Å²) in [5.74, 6) is -0.192. The number of esters is 1. The zero-order chi connectivity index (χ0) is 21.8. The number of fused-ring (bicyclic) bond motifs is 2. The summed E-state index contributed by atoms with van der Waals surface area (Å²) >= 11 is 0. The van der Waals surface area contributed by atoms with Crippen LogP contribution in [0.3, 0.4) is 0 Å². The molecule has 0 aliphatic carbocycles. The van der Waals surface area contributed by atoms with Crippen molar-refractivity contribution in [3.8, 4) is 5.75 Å². The maximum absolute atomic E-state index is 12.7. The smallest absolute Gasteiger partial charge is 0.306 e. The Balaban J connectivity index is 1.61. The first-order chi connectivity index (χ1) is 15.1. The fraction of sp³-hybridized carbons (Fsp3) is 0.240. The van der Waals surface area contributed by atoms with Gasteiger partial charge in [-0.05, 0) is 41.5 Å². The van der Waals surface area contributed by atoms with E-state index < -0.39 is 5.97 Å². The van der Waals surface area contributed by atoms with Crippen molar-refractivity contribution < 1.29 is 23.9 Å². The number of benzene rings is 3. The highest BCUT2D eigenvalue weighted by molar-refractivity contribution is 6.02. The van der Waals surface area contributed by atoms with Crippen LogP contribution in [0, 0.1) is 0 Å². The Morgan fingerprint density at radius 2 is 1.84 bits per heavy atom. The van der Waals surface area contributed by atoms with E-state index in [2.05, 4.69) is 0 Å². The number of carbonyl (C=O) groups is 3. The minimum absolute atomic E-state index is 0.0267. The second kappa shape index (κ2) is 9.00. The summed E-state index contributed by atoms with van der Waals surface area (Å²) in [5, 5.41) is 2.18. The van der Waals surface area contributed by atoms with Crippen molar-refractivity contribution in [1.82, 2.24) is 0 Å². The Morgan fingerprint density at radius 1 is 1.03 bits per heavy atom. The van der Waals surface area contributed by atoms with Gasteiger partial charge in [-0.2, -0.15) is 0 Å². The Kier molecular flexibility index (Phi) is 5.98. The zero-order valence-electron chi connectivity index (χ0n) is 17.3. The lowest BCUT2D eigenvalue weighted by molar-refractivity contribution is -0.143. The Hall–Kier alpha value is -3.67. The van der Waals surface area contributed by atoms with Crippen LogP contribution in [-0.2, 0) is 20.9 Å². The molecule has 3 aromatic rings. The van der Waals surface area contributed by atoms with Crippen LogP contribution in [0.15, 0.2) is 60.7 Å². The molecule has 31 heavy (non-hydrogen) atoms. The van der Waals surface area contributed by atoms with Crippen molar-refractivity contribution in [3.05, 3.63) is 71.8 Å². The molecule has 6 heteroatoms. The molecule has 0 N–H and O–H groups in total. The van der Waals surface area contributed by atoms with E-state index in [1.54, 1.807) is 30.0 Å². The highest BCUT2D eigenvalue weighted by Gasteiger charge is 2.27. The third-order valence-electron chi connectivity index (χ3n) is 5.29. The van der Waals surface area contributed by atoms with E-state index in [1.165, 1.54) is 0 Å². The van der Waals surface area contributed by atoms with E-state index >= 15 is 0 Å². The molecule has 1 aliphatic heterocycles. The molecule has 0 spiro atoms. The summed E-state index contributed by atoms with van der Waals surface area (Å²) in [6, 6.07) is 19.1. The van der Waals surface area contributed by atoms with Crippen LogP contribution >= 0.6 is 0 Å². The van der Waals surface area contributed by atoms with Crippen molar-refractivity contribution in [2.75, 3.05) is 18.1 Å². The minimum atomic E-state index is -0.398. The molecule has 6 nitrogen and oxygen atoms in total. The third kappa shape index (κ3) is 4.43. The van der Waals surface area contributed by atoms with Crippen LogP contribution in [0.4, 0.5) is 5.69 Å². The Labute approximate surface area is 180 Å². The number of anilines is 1. The first-order valence-corrected chi connectivity index (χ1v) is 10.3. The molecule has 4 rings (SSSR count). The van der Waals surface area contributed by atoms with E-state index in [-0.39, 0.29) is 37.7 Å². The van der Waals surface area contributed by atoms with Gasteiger partial charge >= 0.3 is 5.97 Å². The minimum Gasteiger partial charge on any atom is -0.482 e. The number of hydrogen-bond donors (Lipinski definition) is 0. The normalized spacial score (nSPS) is 12.9. The lowest BCUT2D eigenvalue weighted by atomic mass is 10.0. The van der Waals surface area contributed by atoms with Gasteiger partial charge in [0.15, 0.2) is 12.4 Å². The molecule has 1 amide bonds. The molecule has 0 fully saturated rings. The summed E-state index contributed by atoms with van der Waals surface area (Å²) < 4.78 is 10.5. The van der Waals surface area contributed by atoms with Crippen LogP contribution in [0.2, 0.25) is 0 Å². The molecule has 0 unspecified atom stereocenters. The first kappa shape index (κ1) is 20.6. The summed E-state index contributed by atoms with van der Waals surface area (Å²) in [6.45, 7) is 2.34. The summed E-state index contributed by atoms with van der Waals surface area (Å²) in [5.41, 5.74) is 2.01. The maximum Gasteiger partial charge on any atom is 0.306 e. The fourth-order valence-electron chi connectivity index (χ4n) is 3.74. The van der Waals surface area contributed by atoms with Crippen LogP contribution in [0.5, 0.6) is 5.75 Å². The van der Waals surface area contributed by atoms with E-state index in [0.29, 0.717) is 23.5 Å². The van der Waals surface area contributed by atoms with Gasteiger partial charge in [-0.25, -0.2) is 0 Å². The van der Waals surface area contributed by atoms with E-state index in [0.717, 1.165) is 16.3 Å². The van der Waals surface area contributed by atoms with E-state index in [4.69, 9.17) is 9.47 Å². The van der Waals surface area contributed by atoms with Gasteiger partial charge in [-0.1, -0.05) is 42.5 Å². The largest absolute Gasteiger partial charge is 0.482 e. The topological polar surface area (TPSA) is 72.9 Å². The van der Waals surface area contributed by atoms with Crippen LogP contribution in [-0.4, -0.2) is 30.9 Å². The van der Waals surface area contributed by atoms with Gasteiger partial charge in [0.05, 0.1) is 25.3 Å². The van der Waals surface area contributed by atoms with Gasteiger partial charge in [0.25, 0.3) is 5.91 Å². The average Bonchev–Trinajstić information content (AvgIpc) is 2.79. The molecular weight excluding hydrogens is 394 g/mol. The van der Waals surface area contributed by atoms with Crippen LogP contribution < -0.4 is 9.64 Å². The zero-order valence-corrected chi connectivity index (χ0v) is 17.3. The molecule has 0 aromatic heterocycles. The van der Waals surface area contributed by atoms with Gasteiger partial charge in [0.2, 0.25) is 0 Å². The third-order valence-corrected chi connectivity index (χ3v) is 5.29. The highest BCUT2D eigenvalue weighted by atomic mass is 16.5. The van der Waals surface area contributed by atoms with E-state index in [9.17, 15) is 14.4 Å². The van der Waals surface area contributed by atoms with Gasteiger partial charge in [0.1, 0.15) is 5.75 Å². The lowest BCUT2D eigenvalue weighted by Gasteiger charge is -2.30. The Morgan fingerprint density at radius 3 is 2.68 bits per heavy atom. The number of amides is 1. The van der Waals surface area contributed by atoms with Gasteiger partial charge in [0, 0.05) is 12.0 Å². The number of ether oxygens (including phenoxy) is 2. The predicted molar refractivity (Wildman–Crippen MR) is 117 cm³/mol. The van der Waals surface area contributed by atoms with Gasteiger partial charge in [-0.3, -0.25) is 14.4 Å². The summed E-state index contributed by atoms with van der Waals surface area (Å²) in [6.07, 6.45) is 0.0780. The standard InChI is InChI=1S/C25H23NO5/c1-2-30-25(29)13-11-22(27)18-10-12-23-21(14-18)26(24(28)16-31-23)15-19-8-5-7-17-6-3-4-9-20(17)19/h3-10,12,14H,2,11,13,15-16H2,1H3. The molecule has 0 saturated carbocycles. The first-order valence-electron chi connectivity index (χ1n) is 10.3. The monoisotopic (exact) mass is 417 g/mol. The fourth-order valence-corrected chi connectivity index (χ4v) is 3.74. The molecular formula is C25H23NO5. The molecule has 1 aliphatic rings. The lowest BCUT2D eigenvalue weighted by Crippen LogP contribution is -2.38. The second-order valence-corrected chi connectivity index (χ2v) is 7.32. The van der Waals surface area contributed by atoms with Gasteiger partial charge < -0.3 is 14.4 Å². The van der Waals surface area contributed by atoms with Crippen molar-refractivity contribution in [2.24, 2.45) is 0 Å². The number of nitrogens with zero attached hydrogens (tertiary/aromatic N) is 1. The quantitative estimate of drug-likeness (QED) is 0.424. The van der Waals surface area contributed by atoms with E-state index in [1.807, 2.05) is 42.5 Å². The van der Waals surface area contributed by atoms with Gasteiger partial charge in [-0.15, -0.1) is 0 Å². The Bertz CT molecular complexity index is 1150. The number of Topliss-reactive ketones (excluding diaryl/α,β-unsaturated/α-hetero) is 1. The molecule has 158 valence electrons. The number of ketones is 1. The van der Waals surface area contributed by atoms with Crippen LogP contribution in [0.1, 0.15) is 35.7 Å². The molecule has 0 radical (unpaired) electrons. The van der Waals surface area contributed by atoms with Crippen molar-refractivity contribution >= 4 is 34.1 Å². The molecule has 0 atom stereocenters. The van der Waals surface area contributed by atoms with Crippen molar-refractivity contribution in [2.45, 2.75) is 26.3 Å². The molecule has 3 aromatic carbocycles. The molecule has 0 saturated heterocycles.